The highest BCUT2D eigenvalue weighted by atomic mass is 32.2. The summed E-state index contributed by atoms with van der Waals surface area (Å²) < 4.78 is 33.7. The fourth-order valence-corrected chi connectivity index (χ4v) is 5.66. The molecule has 1 aromatic heterocycles. The average Bonchev–Trinajstić information content (AvgIpc) is 3.37. The third-order valence-corrected chi connectivity index (χ3v) is 8.38. The molecule has 12 heteroatoms. The monoisotopic (exact) mass is 513 g/mol. The number of sulfonamides is 1. The van der Waals surface area contributed by atoms with E-state index in [1.807, 2.05) is 24.3 Å². The molecule has 0 N–H and O–H groups in total. The van der Waals surface area contributed by atoms with Crippen molar-refractivity contribution in [3.05, 3.63) is 59.9 Å². The highest BCUT2D eigenvalue weighted by molar-refractivity contribution is 7.89. The van der Waals surface area contributed by atoms with Crippen LogP contribution in [0, 0.1) is 0 Å². The van der Waals surface area contributed by atoms with Crippen LogP contribution in [0.25, 0.3) is 5.69 Å². The minimum atomic E-state index is -3.55. The first-order valence-corrected chi connectivity index (χ1v) is 13.3. The first-order valence-electron chi connectivity index (χ1n) is 11.9. The van der Waals surface area contributed by atoms with Gasteiger partial charge in [0.1, 0.15) is 5.75 Å². The van der Waals surface area contributed by atoms with Gasteiger partial charge in [0.05, 0.1) is 24.2 Å². The molecule has 0 spiro atoms. The van der Waals surface area contributed by atoms with Gasteiger partial charge in [0, 0.05) is 44.8 Å². The van der Waals surface area contributed by atoms with E-state index in [9.17, 15) is 13.2 Å². The molecule has 0 saturated carbocycles. The predicted octanol–water partition coefficient (Wildman–Crippen LogP) is 1.66. The summed E-state index contributed by atoms with van der Waals surface area (Å²) in [6.07, 6.45) is 0. The molecule has 0 bridgehead atoms. The number of hydrogen-bond donors (Lipinski definition) is 0. The molecule has 1 aliphatic heterocycles. The standard InChI is InChI=1S/C24H31N7O4S/c1-4-30(5-2)36(33,34)22-12-6-19(7-13-22)24(32)29-16-14-28(15-17-29)18-23-25-26-27-31(23)20-8-10-21(35-3)11-9-20/h6-13H,4-5,14-18H2,1-3H3. The number of carbonyl (C=O) groups is 1. The van der Waals surface area contributed by atoms with Gasteiger partial charge in [-0.2, -0.15) is 8.99 Å². The van der Waals surface area contributed by atoms with Gasteiger partial charge in [-0.15, -0.1) is 5.10 Å². The number of carbonyl (C=O) groups excluding carboxylic acids is 1. The van der Waals surface area contributed by atoms with Crippen molar-refractivity contribution in [2.24, 2.45) is 0 Å². The van der Waals surface area contributed by atoms with Crippen LogP contribution in [0.5, 0.6) is 5.75 Å². The molecule has 1 aliphatic rings. The van der Waals surface area contributed by atoms with Crippen molar-refractivity contribution < 1.29 is 17.9 Å². The van der Waals surface area contributed by atoms with E-state index in [1.165, 1.54) is 16.4 Å². The normalized spacial score (nSPS) is 14.8. The second-order valence-electron chi connectivity index (χ2n) is 8.39. The Morgan fingerprint density at radius 1 is 0.972 bits per heavy atom. The maximum Gasteiger partial charge on any atom is 0.253 e. The van der Waals surface area contributed by atoms with Gasteiger partial charge in [-0.1, -0.05) is 13.8 Å². The lowest BCUT2D eigenvalue weighted by atomic mass is 10.2. The first kappa shape index (κ1) is 25.7. The minimum absolute atomic E-state index is 0.107. The van der Waals surface area contributed by atoms with Crippen molar-refractivity contribution in [1.82, 2.24) is 34.3 Å². The van der Waals surface area contributed by atoms with E-state index in [0.29, 0.717) is 57.2 Å². The van der Waals surface area contributed by atoms with Gasteiger partial charge in [-0.05, 0) is 59.0 Å². The summed E-state index contributed by atoms with van der Waals surface area (Å²) in [4.78, 5) is 17.2. The zero-order valence-electron chi connectivity index (χ0n) is 20.7. The number of amides is 1. The molecule has 2 heterocycles. The van der Waals surface area contributed by atoms with Crippen molar-refractivity contribution in [3.63, 3.8) is 0 Å². The fourth-order valence-electron chi connectivity index (χ4n) is 4.20. The molecule has 1 fully saturated rings. The number of hydrogen-bond acceptors (Lipinski definition) is 8. The van der Waals surface area contributed by atoms with Gasteiger partial charge in [0.2, 0.25) is 10.0 Å². The molecular weight excluding hydrogens is 482 g/mol. The summed E-state index contributed by atoms with van der Waals surface area (Å²) in [7, 11) is -1.93. The number of benzene rings is 2. The number of nitrogens with zero attached hydrogens (tertiary/aromatic N) is 7. The van der Waals surface area contributed by atoms with Gasteiger partial charge in [0.15, 0.2) is 5.82 Å². The fraction of sp³-hybridized carbons (Fsp3) is 0.417. The number of ether oxygens (including phenoxy) is 1. The molecule has 11 nitrogen and oxygen atoms in total. The van der Waals surface area contributed by atoms with Crippen LogP contribution in [0.4, 0.5) is 0 Å². The molecule has 1 saturated heterocycles. The van der Waals surface area contributed by atoms with Crippen LogP contribution in [0.3, 0.4) is 0 Å². The van der Waals surface area contributed by atoms with Crippen LogP contribution in [0.15, 0.2) is 53.4 Å². The molecule has 1 amide bonds. The van der Waals surface area contributed by atoms with Crippen LogP contribution in [0.2, 0.25) is 0 Å². The SMILES string of the molecule is CCN(CC)S(=O)(=O)c1ccc(C(=O)N2CCN(Cc3nnnn3-c3ccc(OC)cc3)CC2)cc1. The smallest absolute Gasteiger partial charge is 0.253 e. The Balaban J connectivity index is 1.36. The lowest BCUT2D eigenvalue weighted by molar-refractivity contribution is 0.0624. The molecular formula is C24H31N7O4S. The van der Waals surface area contributed by atoms with E-state index < -0.39 is 10.0 Å². The van der Waals surface area contributed by atoms with Crippen LogP contribution in [0.1, 0.15) is 30.0 Å². The van der Waals surface area contributed by atoms with Crippen molar-refractivity contribution in [2.75, 3.05) is 46.4 Å². The first-order chi connectivity index (χ1) is 17.4. The summed E-state index contributed by atoms with van der Waals surface area (Å²) >= 11 is 0. The third-order valence-electron chi connectivity index (χ3n) is 6.32. The van der Waals surface area contributed by atoms with Crippen LogP contribution in [-0.4, -0.2) is 95.0 Å². The van der Waals surface area contributed by atoms with E-state index in [2.05, 4.69) is 20.4 Å². The van der Waals surface area contributed by atoms with Crippen molar-refractivity contribution in [1.29, 1.82) is 0 Å². The summed E-state index contributed by atoms with van der Waals surface area (Å²) in [6.45, 7) is 7.43. The number of tetrazole rings is 1. The quantitative estimate of drug-likeness (QED) is 0.425. The molecule has 0 aliphatic carbocycles. The number of rotatable bonds is 9. The Labute approximate surface area is 211 Å². The number of methoxy groups -OCH3 is 1. The highest BCUT2D eigenvalue weighted by Crippen LogP contribution is 2.19. The Hall–Kier alpha value is -3.35. The van der Waals surface area contributed by atoms with E-state index >= 15 is 0 Å². The zero-order valence-corrected chi connectivity index (χ0v) is 21.6. The van der Waals surface area contributed by atoms with E-state index in [0.717, 1.165) is 11.4 Å². The molecule has 36 heavy (non-hydrogen) atoms. The predicted molar refractivity (Wildman–Crippen MR) is 133 cm³/mol. The Morgan fingerprint density at radius 3 is 2.19 bits per heavy atom. The largest absolute Gasteiger partial charge is 0.497 e. The summed E-state index contributed by atoms with van der Waals surface area (Å²) in [5, 5.41) is 12.1. The summed E-state index contributed by atoms with van der Waals surface area (Å²) in [6, 6.07) is 13.7. The lowest BCUT2D eigenvalue weighted by Crippen LogP contribution is -2.48. The molecule has 3 aromatic rings. The van der Waals surface area contributed by atoms with Gasteiger partial charge >= 0.3 is 0 Å². The van der Waals surface area contributed by atoms with Gasteiger partial charge in [-0.3, -0.25) is 9.69 Å². The van der Waals surface area contributed by atoms with E-state index in [1.54, 1.807) is 42.7 Å². The zero-order chi connectivity index (χ0) is 25.7. The Bertz CT molecular complexity index is 1260. The second-order valence-corrected chi connectivity index (χ2v) is 10.3. The number of piperazine rings is 1. The molecule has 2 aromatic carbocycles. The third kappa shape index (κ3) is 5.40. The van der Waals surface area contributed by atoms with Crippen molar-refractivity contribution in [3.8, 4) is 11.4 Å². The molecule has 0 atom stereocenters. The van der Waals surface area contributed by atoms with Gasteiger partial charge < -0.3 is 9.64 Å². The van der Waals surface area contributed by atoms with Crippen LogP contribution >= 0.6 is 0 Å². The van der Waals surface area contributed by atoms with Gasteiger partial charge in [0.25, 0.3) is 5.91 Å². The maximum absolute atomic E-state index is 13.0. The summed E-state index contributed by atoms with van der Waals surface area (Å²) in [5.41, 5.74) is 1.32. The molecule has 0 radical (unpaired) electrons. The minimum Gasteiger partial charge on any atom is -0.497 e. The van der Waals surface area contributed by atoms with Crippen LogP contribution in [-0.2, 0) is 16.6 Å². The van der Waals surface area contributed by atoms with Crippen molar-refractivity contribution >= 4 is 15.9 Å². The molecule has 0 unspecified atom stereocenters. The van der Waals surface area contributed by atoms with Crippen LogP contribution < -0.4 is 4.74 Å². The highest BCUT2D eigenvalue weighted by Gasteiger charge is 2.25. The van der Waals surface area contributed by atoms with Gasteiger partial charge in [-0.25, -0.2) is 8.42 Å². The van der Waals surface area contributed by atoms with E-state index in [-0.39, 0.29) is 10.8 Å². The Morgan fingerprint density at radius 2 is 1.61 bits per heavy atom. The summed E-state index contributed by atoms with van der Waals surface area (Å²) in [5.74, 6) is 1.36. The van der Waals surface area contributed by atoms with Crippen molar-refractivity contribution in [2.45, 2.75) is 25.3 Å². The van der Waals surface area contributed by atoms with E-state index in [4.69, 9.17) is 4.74 Å². The second kappa shape index (κ2) is 11.1. The average molecular weight is 514 g/mol. The molecule has 4 rings (SSSR count). The maximum atomic E-state index is 13.0. The topological polar surface area (TPSA) is 114 Å². The molecule has 192 valence electrons. The lowest BCUT2D eigenvalue weighted by Gasteiger charge is -2.34. The number of aromatic nitrogens is 4. The Kier molecular flexibility index (Phi) is 7.97.